The van der Waals surface area contributed by atoms with E-state index in [4.69, 9.17) is 0 Å². The van der Waals surface area contributed by atoms with Gasteiger partial charge in [-0.2, -0.15) is 4.31 Å². The number of hydrogen-bond acceptors (Lipinski definition) is 5. The van der Waals surface area contributed by atoms with Gasteiger partial charge in [-0.05, 0) is 37.1 Å². The quantitative estimate of drug-likeness (QED) is 0.645. The molecule has 0 spiro atoms. The molecule has 2 saturated heterocycles. The summed E-state index contributed by atoms with van der Waals surface area (Å²) < 4.78 is 26.5. The van der Waals surface area contributed by atoms with Crippen molar-refractivity contribution >= 4 is 15.7 Å². The van der Waals surface area contributed by atoms with Gasteiger partial charge in [-0.3, -0.25) is 10.1 Å². The summed E-state index contributed by atoms with van der Waals surface area (Å²) in [5.41, 5.74) is -0.105. The Hall–Kier alpha value is -1.51. The van der Waals surface area contributed by atoms with Crippen LogP contribution in [0.3, 0.4) is 0 Å². The summed E-state index contributed by atoms with van der Waals surface area (Å²) in [5.74, 6) is 0.755. The average Bonchev–Trinajstić information content (AvgIpc) is 2.99. The van der Waals surface area contributed by atoms with Crippen LogP contribution in [0.1, 0.15) is 0 Å². The number of nitrogens with zero attached hydrogens (tertiary/aromatic N) is 2. The maximum atomic E-state index is 12.5. The molecule has 8 heteroatoms. The van der Waals surface area contributed by atoms with Gasteiger partial charge in [0.05, 0.1) is 9.82 Å². The third kappa shape index (κ3) is 2.19. The Morgan fingerprint density at radius 2 is 1.70 bits per heavy atom. The van der Waals surface area contributed by atoms with Crippen molar-refractivity contribution in [2.24, 2.45) is 11.8 Å². The summed E-state index contributed by atoms with van der Waals surface area (Å²) in [6.45, 7) is 2.77. The van der Waals surface area contributed by atoms with Crippen molar-refractivity contribution in [1.29, 1.82) is 0 Å². The molecule has 1 aromatic rings. The summed E-state index contributed by atoms with van der Waals surface area (Å²) in [5, 5.41) is 13.8. The molecule has 2 aliphatic rings. The highest BCUT2D eigenvalue weighted by Gasteiger charge is 2.41. The van der Waals surface area contributed by atoms with Gasteiger partial charge in [0.15, 0.2) is 0 Å². The second-order valence-electron chi connectivity index (χ2n) is 5.25. The molecular formula is C12H15N3O4S. The van der Waals surface area contributed by atoms with Crippen LogP contribution in [0.4, 0.5) is 5.69 Å². The molecule has 2 unspecified atom stereocenters. The Kier molecular flexibility index (Phi) is 3.23. The Morgan fingerprint density at radius 1 is 1.15 bits per heavy atom. The van der Waals surface area contributed by atoms with Crippen LogP contribution in [0, 0.1) is 22.0 Å². The number of nitro benzene ring substituents is 1. The molecule has 2 heterocycles. The van der Waals surface area contributed by atoms with Gasteiger partial charge in [-0.1, -0.05) is 0 Å². The first kappa shape index (κ1) is 13.5. The maximum Gasteiger partial charge on any atom is 0.269 e. The largest absolute Gasteiger partial charge is 0.316 e. The van der Waals surface area contributed by atoms with Crippen LogP contribution in [0.25, 0.3) is 0 Å². The van der Waals surface area contributed by atoms with Crippen molar-refractivity contribution in [3.63, 3.8) is 0 Å². The lowest BCUT2D eigenvalue weighted by Crippen LogP contribution is -2.31. The van der Waals surface area contributed by atoms with Crippen LogP contribution in [0.5, 0.6) is 0 Å². The molecule has 1 aromatic carbocycles. The maximum absolute atomic E-state index is 12.5. The fourth-order valence-electron chi connectivity index (χ4n) is 2.90. The number of hydrogen-bond donors (Lipinski definition) is 1. The molecule has 2 aliphatic heterocycles. The van der Waals surface area contributed by atoms with Crippen molar-refractivity contribution in [1.82, 2.24) is 9.62 Å². The molecule has 0 amide bonds. The van der Waals surface area contributed by atoms with Gasteiger partial charge in [0.25, 0.3) is 5.69 Å². The molecule has 0 aromatic heterocycles. The molecule has 108 valence electrons. The van der Waals surface area contributed by atoms with Gasteiger partial charge < -0.3 is 5.32 Å². The van der Waals surface area contributed by atoms with E-state index in [0.717, 1.165) is 13.1 Å². The zero-order valence-electron chi connectivity index (χ0n) is 10.7. The molecule has 3 rings (SSSR count). The van der Waals surface area contributed by atoms with Gasteiger partial charge in [0.1, 0.15) is 0 Å². The Morgan fingerprint density at radius 3 is 2.20 bits per heavy atom. The first-order valence-corrected chi connectivity index (χ1v) is 7.88. The van der Waals surface area contributed by atoms with Crippen LogP contribution >= 0.6 is 0 Å². The molecule has 0 bridgehead atoms. The summed E-state index contributed by atoms with van der Waals surface area (Å²) in [7, 11) is -3.54. The molecule has 1 N–H and O–H groups in total. The number of nitro groups is 1. The fourth-order valence-corrected chi connectivity index (χ4v) is 4.45. The SMILES string of the molecule is O=[N+]([O-])c1ccc(S(=O)(=O)N2CC3CNCC3C2)cc1. The predicted octanol–water partition coefficient (Wildman–Crippen LogP) is 0.435. The van der Waals surface area contributed by atoms with Crippen molar-refractivity contribution in [2.75, 3.05) is 26.2 Å². The lowest BCUT2D eigenvalue weighted by molar-refractivity contribution is -0.384. The van der Waals surface area contributed by atoms with Crippen LogP contribution in [-0.4, -0.2) is 43.8 Å². The number of nitrogens with one attached hydrogen (secondary N) is 1. The van der Waals surface area contributed by atoms with Crippen LogP contribution in [0.15, 0.2) is 29.2 Å². The highest BCUT2D eigenvalue weighted by atomic mass is 32.2. The van der Waals surface area contributed by atoms with E-state index in [2.05, 4.69) is 5.32 Å². The lowest BCUT2D eigenvalue weighted by Gasteiger charge is -2.17. The number of benzene rings is 1. The van der Waals surface area contributed by atoms with E-state index < -0.39 is 14.9 Å². The van der Waals surface area contributed by atoms with E-state index in [1.54, 1.807) is 0 Å². The normalized spacial score (nSPS) is 26.6. The van der Waals surface area contributed by atoms with Crippen molar-refractivity contribution in [3.8, 4) is 0 Å². The van der Waals surface area contributed by atoms with Crippen LogP contribution in [0.2, 0.25) is 0 Å². The lowest BCUT2D eigenvalue weighted by atomic mass is 10.0. The summed E-state index contributed by atoms with van der Waals surface area (Å²) in [6, 6.07) is 5.07. The van der Waals surface area contributed by atoms with Crippen LogP contribution in [-0.2, 0) is 10.0 Å². The molecule has 20 heavy (non-hydrogen) atoms. The molecule has 7 nitrogen and oxygen atoms in total. The standard InChI is InChI=1S/C12H15N3O4S/c16-15(17)11-1-3-12(4-2-11)20(18,19)14-7-9-5-13-6-10(9)8-14/h1-4,9-10,13H,5-8H2. The second kappa shape index (κ2) is 4.80. The first-order valence-electron chi connectivity index (χ1n) is 6.44. The first-order chi connectivity index (χ1) is 9.48. The number of rotatable bonds is 3. The molecule has 0 radical (unpaired) electrons. The van der Waals surface area contributed by atoms with Crippen LogP contribution < -0.4 is 5.32 Å². The van der Waals surface area contributed by atoms with E-state index in [9.17, 15) is 18.5 Å². The molecule has 0 saturated carbocycles. The van der Waals surface area contributed by atoms with E-state index in [0.29, 0.717) is 24.9 Å². The van der Waals surface area contributed by atoms with Gasteiger partial charge in [0, 0.05) is 25.2 Å². The van der Waals surface area contributed by atoms with Gasteiger partial charge in [-0.15, -0.1) is 0 Å². The van der Waals surface area contributed by atoms with Crippen molar-refractivity contribution in [3.05, 3.63) is 34.4 Å². The minimum atomic E-state index is -3.54. The van der Waals surface area contributed by atoms with E-state index >= 15 is 0 Å². The van der Waals surface area contributed by atoms with E-state index in [1.165, 1.54) is 28.6 Å². The van der Waals surface area contributed by atoms with Gasteiger partial charge in [0.2, 0.25) is 10.0 Å². The zero-order chi connectivity index (χ0) is 14.3. The van der Waals surface area contributed by atoms with Gasteiger partial charge in [-0.25, -0.2) is 8.42 Å². The summed E-state index contributed by atoms with van der Waals surface area (Å²) >= 11 is 0. The third-order valence-electron chi connectivity index (χ3n) is 4.04. The third-order valence-corrected chi connectivity index (χ3v) is 5.89. The second-order valence-corrected chi connectivity index (χ2v) is 7.19. The fraction of sp³-hybridized carbons (Fsp3) is 0.500. The monoisotopic (exact) mass is 297 g/mol. The highest BCUT2D eigenvalue weighted by molar-refractivity contribution is 7.89. The molecule has 0 aliphatic carbocycles. The summed E-state index contributed by atoms with van der Waals surface area (Å²) in [4.78, 5) is 10.2. The molecular weight excluding hydrogens is 282 g/mol. The highest BCUT2D eigenvalue weighted by Crippen LogP contribution is 2.31. The average molecular weight is 297 g/mol. The molecule has 2 fully saturated rings. The number of fused-ring (bicyclic) bond motifs is 1. The van der Waals surface area contributed by atoms with E-state index in [-0.39, 0.29) is 10.6 Å². The number of sulfonamides is 1. The molecule has 2 atom stereocenters. The van der Waals surface area contributed by atoms with Crippen molar-refractivity contribution < 1.29 is 13.3 Å². The zero-order valence-corrected chi connectivity index (χ0v) is 11.5. The van der Waals surface area contributed by atoms with E-state index in [1.807, 2.05) is 0 Å². The minimum Gasteiger partial charge on any atom is -0.316 e. The van der Waals surface area contributed by atoms with Gasteiger partial charge >= 0.3 is 0 Å². The minimum absolute atomic E-state index is 0.105. The smallest absolute Gasteiger partial charge is 0.269 e. The number of non-ortho nitro benzene ring substituents is 1. The predicted molar refractivity (Wildman–Crippen MR) is 71.7 cm³/mol. The van der Waals surface area contributed by atoms with Crippen molar-refractivity contribution in [2.45, 2.75) is 4.90 Å². The Labute approximate surface area is 116 Å². The topological polar surface area (TPSA) is 92.5 Å². The Balaban J connectivity index is 1.83. The Bertz CT molecular complexity index is 617. The summed E-state index contributed by atoms with van der Waals surface area (Å²) in [6.07, 6.45) is 0.